The maximum atomic E-state index is 12.1. The van der Waals surface area contributed by atoms with Gasteiger partial charge in [0, 0.05) is 19.6 Å². The number of carbonyl (C=O) groups excluding carboxylic acids is 1. The Kier molecular flexibility index (Phi) is 4.80. The van der Waals surface area contributed by atoms with Crippen molar-refractivity contribution in [3.8, 4) is 5.75 Å². The first-order valence-electron chi connectivity index (χ1n) is 6.85. The van der Waals surface area contributed by atoms with Gasteiger partial charge in [0.1, 0.15) is 5.75 Å². The van der Waals surface area contributed by atoms with Crippen LogP contribution in [0.4, 0.5) is 0 Å². The molecule has 0 aliphatic carbocycles. The molecule has 1 fully saturated rings. The smallest absolute Gasteiger partial charge is 0.260 e. The normalized spacial score (nSPS) is 16.0. The minimum absolute atomic E-state index is 0.0728. The third-order valence-electron chi connectivity index (χ3n) is 3.37. The summed E-state index contributed by atoms with van der Waals surface area (Å²) in [5.41, 5.74) is 2.28. The molecule has 104 valence electrons. The van der Waals surface area contributed by atoms with Crippen LogP contribution in [-0.4, -0.2) is 43.6 Å². The third kappa shape index (κ3) is 3.96. The summed E-state index contributed by atoms with van der Waals surface area (Å²) in [6.07, 6.45) is 1.01. The second-order valence-electron chi connectivity index (χ2n) is 5.04. The molecular formula is C15H22N2O2. The summed E-state index contributed by atoms with van der Waals surface area (Å²) < 4.78 is 5.64. The molecule has 1 saturated heterocycles. The van der Waals surface area contributed by atoms with Crippen LogP contribution in [-0.2, 0) is 4.79 Å². The summed E-state index contributed by atoms with van der Waals surface area (Å²) in [7, 11) is 0. The topological polar surface area (TPSA) is 41.6 Å². The molecule has 0 atom stereocenters. The average Bonchev–Trinajstić information content (AvgIpc) is 2.66. The van der Waals surface area contributed by atoms with Crippen molar-refractivity contribution in [1.82, 2.24) is 10.2 Å². The van der Waals surface area contributed by atoms with E-state index >= 15 is 0 Å². The van der Waals surface area contributed by atoms with Gasteiger partial charge in [-0.05, 0) is 38.4 Å². The van der Waals surface area contributed by atoms with Crippen molar-refractivity contribution in [2.45, 2.75) is 20.3 Å². The minimum Gasteiger partial charge on any atom is -0.484 e. The number of aryl methyl sites for hydroxylation is 2. The van der Waals surface area contributed by atoms with Crippen molar-refractivity contribution in [1.29, 1.82) is 0 Å². The van der Waals surface area contributed by atoms with E-state index in [1.807, 2.05) is 30.9 Å². The number of hydrogen-bond acceptors (Lipinski definition) is 3. The van der Waals surface area contributed by atoms with Crippen molar-refractivity contribution in [2.75, 3.05) is 32.8 Å². The van der Waals surface area contributed by atoms with Crippen LogP contribution >= 0.6 is 0 Å². The van der Waals surface area contributed by atoms with Gasteiger partial charge >= 0.3 is 0 Å². The molecule has 0 radical (unpaired) electrons. The van der Waals surface area contributed by atoms with Crippen molar-refractivity contribution >= 4 is 5.91 Å². The highest BCUT2D eigenvalue weighted by atomic mass is 16.5. The van der Waals surface area contributed by atoms with E-state index in [0.29, 0.717) is 0 Å². The summed E-state index contributed by atoms with van der Waals surface area (Å²) in [5, 5.41) is 3.29. The molecule has 1 aromatic carbocycles. The van der Waals surface area contributed by atoms with Crippen LogP contribution in [0.2, 0.25) is 0 Å². The molecule has 0 unspecified atom stereocenters. The Morgan fingerprint density at radius 3 is 2.95 bits per heavy atom. The molecule has 0 saturated carbocycles. The summed E-state index contributed by atoms with van der Waals surface area (Å²) in [4.78, 5) is 14.0. The fraction of sp³-hybridized carbons (Fsp3) is 0.533. The van der Waals surface area contributed by atoms with Crippen molar-refractivity contribution < 1.29 is 9.53 Å². The van der Waals surface area contributed by atoms with E-state index in [0.717, 1.165) is 43.9 Å². The Morgan fingerprint density at radius 2 is 2.16 bits per heavy atom. The molecule has 0 aromatic heterocycles. The van der Waals surface area contributed by atoms with Gasteiger partial charge in [-0.15, -0.1) is 0 Å². The van der Waals surface area contributed by atoms with Gasteiger partial charge in [-0.1, -0.05) is 17.7 Å². The SMILES string of the molecule is Cc1ccc(OCC(=O)N2CCCNCC2)c(C)c1. The van der Waals surface area contributed by atoms with Gasteiger partial charge in [-0.25, -0.2) is 0 Å². The van der Waals surface area contributed by atoms with Crippen LogP contribution in [0, 0.1) is 13.8 Å². The van der Waals surface area contributed by atoms with Gasteiger partial charge in [0.2, 0.25) is 0 Å². The van der Waals surface area contributed by atoms with Crippen LogP contribution in [0.1, 0.15) is 17.5 Å². The number of benzene rings is 1. The van der Waals surface area contributed by atoms with E-state index in [1.54, 1.807) is 0 Å². The fourth-order valence-electron chi connectivity index (χ4n) is 2.29. The Hall–Kier alpha value is -1.55. The molecule has 4 heteroatoms. The number of amides is 1. The van der Waals surface area contributed by atoms with Crippen molar-refractivity contribution in [3.05, 3.63) is 29.3 Å². The van der Waals surface area contributed by atoms with Gasteiger partial charge in [0.15, 0.2) is 6.61 Å². The molecular weight excluding hydrogens is 240 g/mol. The van der Waals surface area contributed by atoms with Crippen LogP contribution in [0.3, 0.4) is 0 Å². The second kappa shape index (κ2) is 6.57. The van der Waals surface area contributed by atoms with Gasteiger partial charge in [0.05, 0.1) is 0 Å². The quantitative estimate of drug-likeness (QED) is 0.897. The van der Waals surface area contributed by atoms with Crippen molar-refractivity contribution in [3.63, 3.8) is 0 Å². The van der Waals surface area contributed by atoms with Gasteiger partial charge in [0.25, 0.3) is 5.91 Å². The maximum absolute atomic E-state index is 12.1. The first-order chi connectivity index (χ1) is 9.16. The van der Waals surface area contributed by atoms with Crippen LogP contribution in [0.25, 0.3) is 0 Å². The number of nitrogens with zero attached hydrogens (tertiary/aromatic N) is 1. The molecule has 19 heavy (non-hydrogen) atoms. The zero-order chi connectivity index (χ0) is 13.7. The van der Waals surface area contributed by atoms with E-state index in [2.05, 4.69) is 11.4 Å². The Morgan fingerprint density at radius 1 is 1.32 bits per heavy atom. The van der Waals surface area contributed by atoms with Crippen LogP contribution in [0.5, 0.6) is 5.75 Å². The highest BCUT2D eigenvalue weighted by Gasteiger charge is 2.15. The number of carbonyl (C=O) groups is 1. The minimum atomic E-state index is 0.0728. The number of nitrogens with one attached hydrogen (secondary N) is 1. The van der Waals surface area contributed by atoms with E-state index in [4.69, 9.17) is 4.74 Å². The summed E-state index contributed by atoms with van der Waals surface area (Å²) in [6.45, 7) is 7.63. The first kappa shape index (κ1) is 13.9. The lowest BCUT2D eigenvalue weighted by Crippen LogP contribution is -2.37. The van der Waals surface area contributed by atoms with Gasteiger partial charge in [-0.2, -0.15) is 0 Å². The fourth-order valence-corrected chi connectivity index (χ4v) is 2.29. The predicted molar refractivity (Wildman–Crippen MR) is 75.5 cm³/mol. The third-order valence-corrected chi connectivity index (χ3v) is 3.37. The number of hydrogen-bond donors (Lipinski definition) is 1. The Labute approximate surface area is 114 Å². The number of rotatable bonds is 3. The monoisotopic (exact) mass is 262 g/mol. The van der Waals surface area contributed by atoms with Crippen LogP contribution < -0.4 is 10.1 Å². The molecule has 1 aliphatic heterocycles. The predicted octanol–water partition coefficient (Wildman–Crippen LogP) is 1.50. The largest absolute Gasteiger partial charge is 0.484 e. The highest BCUT2D eigenvalue weighted by molar-refractivity contribution is 5.77. The molecule has 0 spiro atoms. The van der Waals surface area contributed by atoms with E-state index in [9.17, 15) is 4.79 Å². The molecule has 2 rings (SSSR count). The lowest BCUT2D eigenvalue weighted by Gasteiger charge is -2.20. The molecule has 4 nitrogen and oxygen atoms in total. The molecule has 1 amide bonds. The van der Waals surface area contributed by atoms with Crippen LogP contribution in [0.15, 0.2) is 18.2 Å². The van der Waals surface area contributed by atoms with Crippen molar-refractivity contribution in [2.24, 2.45) is 0 Å². The summed E-state index contributed by atoms with van der Waals surface area (Å²) >= 11 is 0. The molecule has 1 heterocycles. The molecule has 0 bridgehead atoms. The van der Waals surface area contributed by atoms with E-state index in [1.165, 1.54) is 5.56 Å². The lowest BCUT2D eigenvalue weighted by molar-refractivity contribution is -0.133. The standard InChI is InChI=1S/C15H22N2O2/c1-12-4-5-14(13(2)10-12)19-11-15(18)17-8-3-6-16-7-9-17/h4-5,10,16H,3,6-9,11H2,1-2H3. The first-order valence-corrected chi connectivity index (χ1v) is 6.85. The van der Waals surface area contributed by atoms with Gasteiger partial charge < -0.3 is 15.0 Å². The molecule has 1 aliphatic rings. The molecule has 1 aromatic rings. The summed E-state index contributed by atoms with van der Waals surface area (Å²) in [5.74, 6) is 0.871. The average molecular weight is 262 g/mol. The Bertz CT molecular complexity index is 438. The number of ether oxygens (including phenoxy) is 1. The zero-order valence-corrected chi connectivity index (χ0v) is 11.7. The second-order valence-corrected chi connectivity index (χ2v) is 5.04. The maximum Gasteiger partial charge on any atom is 0.260 e. The van der Waals surface area contributed by atoms with Gasteiger partial charge in [-0.3, -0.25) is 4.79 Å². The van der Waals surface area contributed by atoms with E-state index < -0.39 is 0 Å². The zero-order valence-electron chi connectivity index (χ0n) is 11.7. The summed E-state index contributed by atoms with van der Waals surface area (Å²) in [6, 6.07) is 6.00. The Balaban J connectivity index is 1.88. The lowest BCUT2D eigenvalue weighted by atomic mass is 10.1. The van der Waals surface area contributed by atoms with E-state index in [-0.39, 0.29) is 12.5 Å². The highest BCUT2D eigenvalue weighted by Crippen LogP contribution is 2.18. The molecule has 1 N–H and O–H groups in total.